The lowest BCUT2D eigenvalue weighted by Crippen LogP contribution is -2.62. The zero-order valence-corrected chi connectivity index (χ0v) is 68.6. The van der Waals surface area contributed by atoms with E-state index in [1.54, 1.807) is 0 Å². The van der Waals surface area contributed by atoms with Gasteiger partial charge in [0.1, 0.15) is 0 Å². The Morgan fingerprint density at radius 2 is 0.492 bits per heavy atom. The first-order chi connectivity index (χ1) is 62.6. The molecule has 0 bridgehead atoms. The standard InChI is InChI=1S/C60H40BN3.C56H36BN5/c1-4-19-41(20-5-1)46-25-10-15-32-56(46)63-58-34-17-13-27-48(58)50-29-18-30-51-53-40-44(43-35-37-55-52(39-43)49-28-12-14-31-54(49)62(55)45-23-8-3-9-24-45)36-38-59(53)64(61(63)60(50)51)57-33-16-11-26-47(57)42-21-6-2-7-22-42;1-4-17-37(18-5-1)55-46-25-10-13-28-49(46)58-56(59-55)60-50-29-14-11-24-43(50)47-35-38(31-33-51(47)60)39-32-34-53-48(36-39)45-27-16-26-44-42-23-12-15-30-52(42)61(40-19-6-2-7-20-40)57(54(44)45)62(53)41-21-8-3-9-22-41/h1-40H;1-36H. The molecule has 0 amide bonds. The molecule has 0 aliphatic carbocycles. The van der Waals surface area contributed by atoms with E-state index in [1.165, 1.54) is 133 Å². The van der Waals surface area contributed by atoms with E-state index in [9.17, 15) is 0 Å². The highest BCUT2D eigenvalue weighted by Crippen LogP contribution is 2.55. The average molecular weight is 1600 g/mol. The molecule has 19 aromatic carbocycles. The van der Waals surface area contributed by atoms with E-state index in [2.05, 4.69) is 477 Å². The number of para-hydroxylation sites is 10. The normalized spacial score (nSPS) is 12.7. The fourth-order valence-electron chi connectivity index (χ4n) is 20.7. The maximum absolute atomic E-state index is 5.30. The summed E-state index contributed by atoms with van der Waals surface area (Å²) in [5.74, 6) is 0.658. The van der Waals surface area contributed by atoms with E-state index in [4.69, 9.17) is 9.97 Å². The second kappa shape index (κ2) is 29.7. The zero-order valence-electron chi connectivity index (χ0n) is 68.6. The van der Waals surface area contributed by atoms with Gasteiger partial charge in [-0.15, -0.1) is 0 Å². The van der Waals surface area contributed by atoms with Crippen LogP contribution in [-0.2, 0) is 0 Å². The summed E-state index contributed by atoms with van der Waals surface area (Å²) in [7, 11) is 0. The molecule has 0 spiro atoms. The molecule has 0 fully saturated rings. The van der Waals surface area contributed by atoms with Gasteiger partial charge in [0.25, 0.3) is 0 Å². The molecular weight excluding hydrogens is 1530 g/mol. The van der Waals surface area contributed by atoms with Crippen molar-refractivity contribution in [1.29, 1.82) is 0 Å². The topological polar surface area (TPSA) is 48.6 Å². The molecule has 586 valence electrons. The third kappa shape index (κ3) is 11.6. The lowest BCUT2D eigenvalue weighted by Gasteiger charge is -2.48. The Morgan fingerprint density at radius 1 is 0.175 bits per heavy atom. The number of hydrogen-bond acceptors (Lipinski definition) is 6. The third-order valence-electron chi connectivity index (χ3n) is 26.1. The van der Waals surface area contributed by atoms with E-state index in [-0.39, 0.29) is 14.0 Å². The molecule has 10 heteroatoms. The fourth-order valence-corrected chi connectivity index (χ4v) is 20.7. The molecule has 4 aliphatic rings. The van der Waals surface area contributed by atoms with Crippen LogP contribution in [0.15, 0.2) is 461 Å². The second-order valence-corrected chi connectivity index (χ2v) is 33.0. The number of benzene rings is 19. The van der Waals surface area contributed by atoms with Crippen LogP contribution in [0.3, 0.4) is 0 Å². The van der Waals surface area contributed by atoms with Crippen LogP contribution in [0.2, 0.25) is 0 Å². The molecule has 0 atom stereocenters. The number of anilines is 8. The van der Waals surface area contributed by atoms with E-state index in [0.717, 1.165) is 83.5 Å². The monoisotopic (exact) mass is 1600 g/mol. The van der Waals surface area contributed by atoms with Crippen LogP contribution in [0.25, 0.3) is 166 Å². The molecule has 26 rings (SSSR count). The van der Waals surface area contributed by atoms with E-state index >= 15 is 0 Å². The molecule has 0 unspecified atom stereocenters. The summed E-state index contributed by atoms with van der Waals surface area (Å²) >= 11 is 0. The van der Waals surface area contributed by atoms with Crippen LogP contribution >= 0.6 is 0 Å². The summed E-state index contributed by atoms with van der Waals surface area (Å²) in [6, 6.07) is 168. The van der Waals surface area contributed by atoms with Crippen molar-refractivity contribution >= 4 is 125 Å². The van der Waals surface area contributed by atoms with Crippen molar-refractivity contribution in [3.05, 3.63) is 461 Å². The molecule has 8 nitrogen and oxygen atoms in total. The van der Waals surface area contributed by atoms with Gasteiger partial charge >= 0.3 is 14.0 Å². The molecule has 126 heavy (non-hydrogen) atoms. The molecule has 3 aromatic heterocycles. The number of aromatic nitrogens is 4. The van der Waals surface area contributed by atoms with Gasteiger partial charge in [-0.25, -0.2) is 9.97 Å². The Morgan fingerprint density at radius 3 is 0.984 bits per heavy atom. The van der Waals surface area contributed by atoms with Crippen LogP contribution in [-0.4, -0.2) is 33.1 Å². The first-order valence-corrected chi connectivity index (χ1v) is 43.3. The van der Waals surface area contributed by atoms with E-state index in [1.807, 2.05) is 12.1 Å². The summed E-state index contributed by atoms with van der Waals surface area (Å²) in [6.45, 7) is -0.323. The number of fused-ring (bicyclic) bond motifs is 15. The van der Waals surface area contributed by atoms with Gasteiger partial charge in [-0.1, -0.05) is 334 Å². The molecule has 0 saturated carbocycles. The minimum Gasteiger partial charge on any atom is -0.361 e. The Balaban J connectivity index is 0.000000137. The maximum Gasteiger partial charge on any atom is 0.421 e. The van der Waals surface area contributed by atoms with Crippen molar-refractivity contribution in [3.8, 4) is 112 Å². The number of rotatable bonds is 11. The first kappa shape index (κ1) is 72.3. The minimum atomic E-state index is -0.213. The summed E-state index contributed by atoms with van der Waals surface area (Å²) in [5, 5.41) is 5.85. The van der Waals surface area contributed by atoms with E-state index < -0.39 is 0 Å². The average Bonchev–Trinajstić information content (AvgIpc) is 0.925. The molecule has 22 aromatic rings. The van der Waals surface area contributed by atoms with Crippen LogP contribution in [0, 0.1) is 0 Å². The lowest BCUT2D eigenvalue weighted by atomic mass is 9.53. The summed E-state index contributed by atoms with van der Waals surface area (Å²) in [6.07, 6.45) is 0. The SMILES string of the molecule is c1ccc(-c2ccccc2N2B3c4c(cccc4-c4cc(-c5ccc6c(c5)c5ccccc5n6-c5ccccc5)ccc4N3c3ccccc3-c3ccccc3)-c3ccccc32)cc1.c1ccc(-c2nc(-n3c4ccccc4c4cc(-c5ccc6c(c5)-c5cccc7c5B(N(c5ccccc5)c5ccccc5-7)N6c5ccccc5)ccc43)nc3ccccc23)cc1. The maximum atomic E-state index is 5.30. The quantitative estimate of drug-likeness (QED) is 0.120. The highest BCUT2D eigenvalue weighted by molar-refractivity contribution is 6.87. The Kier molecular flexibility index (Phi) is 17.0. The Labute approximate surface area is 731 Å². The van der Waals surface area contributed by atoms with Gasteiger partial charge in [0.05, 0.1) is 33.3 Å². The summed E-state index contributed by atoms with van der Waals surface area (Å²) < 4.78 is 4.62. The van der Waals surface area contributed by atoms with Gasteiger partial charge in [0.15, 0.2) is 0 Å². The fraction of sp³-hybridized carbons (Fsp3) is 0. The summed E-state index contributed by atoms with van der Waals surface area (Å²) in [4.78, 5) is 20.8. The van der Waals surface area contributed by atoms with Crippen LogP contribution in [0.4, 0.5) is 45.5 Å². The van der Waals surface area contributed by atoms with Crippen LogP contribution < -0.4 is 30.2 Å². The highest BCUT2D eigenvalue weighted by atomic mass is 15.3. The summed E-state index contributed by atoms with van der Waals surface area (Å²) in [5.41, 5.74) is 40.0. The Hall–Kier alpha value is -16.6. The molecule has 4 aliphatic heterocycles. The Bertz CT molecular complexity index is 8080. The molecule has 0 radical (unpaired) electrons. The molecule has 0 N–H and O–H groups in total. The van der Waals surface area contributed by atoms with E-state index in [0.29, 0.717) is 5.95 Å². The van der Waals surface area contributed by atoms with Gasteiger partial charge < -0.3 is 23.8 Å². The largest absolute Gasteiger partial charge is 0.421 e. The minimum absolute atomic E-state index is 0.110. The molecular formula is C116H76B2N8. The smallest absolute Gasteiger partial charge is 0.361 e. The van der Waals surface area contributed by atoms with Gasteiger partial charge in [0.2, 0.25) is 5.95 Å². The van der Waals surface area contributed by atoms with Crippen molar-refractivity contribution in [1.82, 2.24) is 19.1 Å². The van der Waals surface area contributed by atoms with Crippen LogP contribution in [0.1, 0.15) is 0 Å². The van der Waals surface area contributed by atoms with Crippen molar-refractivity contribution in [2.24, 2.45) is 0 Å². The lowest BCUT2D eigenvalue weighted by molar-refractivity contribution is 1.01. The van der Waals surface area contributed by atoms with Gasteiger partial charge in [-0.2, -0.15) is 0 Å². The van der Waals surface area contributed by atoms with Crippen molar-refractivity contribution in [2.75, 3.05) is 19.2 Å². The number of nitrogens with zero attached hydrogens (tertiary/aromatic N) is 8. The van der Waals surface area contributed by atoms with Gasteiger partial charge in [0, 0.05) is 117 Å². The second-order valence-electron chi connectivity index (χ2n) is 33.0. The number of hydrogen-bond donors (Lipinski definition) is 0. The van der Waals surface area contributed by atoms with Crippen molar-refractivity contribution < 1.29 is 0 Å². The van der Waals surface area contributed by atoms with Gasteiger partial charge in [-0.3, -0.25) is 4.57 Å². The third-order valence-corrected chi connectivity index (χ3v) is 26.1. The molecule has 7 heterocycles. The van der Waals surface area contributed by atoms with Gasteiger partial charge in [-0.05, 0) is 194 Å². The van der Waals surface area contributed by atoms with Crippen molar-refractivity contribution in [3.63, 3.8) is 0 Å². The molecule has 0 saturated heterocycles. The zero-order chi connectivity index (χ0) is 82.9. The van der Waals surface area contributed by atoms with Crippen molar-refractivity contribution in [2.45, 2.75) is 0 Å². The highest BCUT2D eigenvalue weighted by Gasteiger charge is 2.50. The first-order valence-electron chi connectivity index (χ1n) is 43.3. The predicted molar refractivity (Wildman–Crippen MR) is 529 cm³/mol. The van der Waals surface area contributed by atoms with Crippen LogP contribution in [0.5, 0.6) is 0 Å². The predicted octanol–water partition coefficient (Wildman–Crippen LogP) is 28.5.